The van der Waals surface area contributed by atoms with Crippen molar-refractivity contribution in [2.45, 2.75) is 155 Å². The van der Waals surface area contributed by atoms with Gasteiger partial charge in [0.1, 0.15) is 0 Å². The predicted octanol–water partition coefficient (Wildman–Crippen LogP) is 9.09. The molecule has 30 heavy (non-hydrogen) atoms. The van der Waals surface area contributed by atoms with Gasteiger partial charge >= 0.3 is 7.82 Å². The van der Waals surface area contributed by atoms with Gasteiger partial charge in [-0.3, -0.25) is 4.52 Å². The van der Waals surface area contributed by atoms with Crippen molar-refractivity contribution in [3.05, 3.63) is 0 Å². The maximum Gasteiger partial charge on any atom is 0.469 e. The fourth-order valence-corrected chi connectivity index (χ4v) is 4.44. The highest BCUT2D eigenvalue weighted by Crippen LogP contribution is 2.35. The van der Waals surface area contributed by atoms with E-state index >= 15 is 0 Å². The van der Waals surface area contributed by atoms with Gasteiger partial charge < -0.3 is 9.79 Å². The molecule has 2 N–H and O–H groups in total. The first kappa shape index (κ1) is 30.1. The second-order valence-corrected chi connectivity index (χ2v) is 10.3. The van der Waals surface area contributed by atoms with Crippen molar-refractivity contribution in [1.82, 2.24) is 0 Å². The maximum atomic E-state index is 10.5. The van der Waals surface area contributed by atoms with E-state index < -0.39 is 7.82 Å². The van der Waals surface area contributed by atoms with Crippen LogP contribution in [0.5, 0.6) is 0 Å². The highest BCUT2D eigenvalue weighted by Gasteiger charge is 2.12. The topological polar surface area (TPSA) is 66.8 Å². The number of hydrogen-bond acceptors (Lipinski definition) is 2. The Bertz CT molecular complexity index is 370. The number of unbranched alkanes of at least 4 members (excludes halogenated alkanes) is 22. The molecule has 0 bridgehead atoms. The fraction of sp³-hybridized carbons (Fsp3) is 1.00. The number of phosphoric acid groups is 1. The molecular formula is C25H53O4P. The smallest absolute Gasteiger partial charge is 0.303 e. The van der Waals surface area contributed by atoms with Gasteiger partial charge in [0.2, 0.25) is 0 Å². The zero-order valence-electron chi connectivity index (χ0n) is 20.1. The SMILES string of the molecule is CCCCCCCCCCCCCCCCCCCCCCCCCOP(=O)(O)O. The van der Waals surface area contributed by atoms with Crippen LogP contribution in [0.4, 0.5) is 0 Å². The molecule has 0 atom stereocenters. The second kappa shape index (κ2) is 23.8. The molecule has 0 unspecified atom stereocenters. The number of hydrogen-bond donors (Lipinski definition) is 2. The lowest BCUT2D eigenvalue weighted by Gasteiger charge is -2.05. The maximum absolute atomic E-state index is 10.5. The lowest BCUT2D eigenvalue weighted by molar-refractivity contribution is 0.193. The summed E-state index contributed by atoms with van der Waals surface area (Å²) in [7, 11) is -4.26. The van der Waals surface area contributed by atoms with Gasteiger partial charge in [-0.25, -0.2) is 4.57 Å². The van der Waals surface area contributed by atoms with Gasteiger partial charge in [0.15, 0.2) is 0 Å². The molecule has 0 aromatic rings. The van der Waals surface area contributed by atoms with Gasteiger partial charge in [-0.2, -0.15) is 0 Å². The van der Waals surface area contributed by atoms with Crippen molar-refractivity contribution in [2.24, 2.45) is 0 Å². The molecule has 0 aromatic carbocycles. The Kier molecular flexibility index (Phi) is 23.9. The third kappa shape index (κ3) is 28.1. The minimum Gasteiger partial charge on any atom is -0.303 e. The molecule has 5 heteroatoms. The first-order valence-corrected chi connectivity index (χ1v) is 14.8. The normalized spacial score (nSPS) is 12.0. The van der Waals surface area contributed by atoms with E-state index in [1.54, 1.807) is 0 Å². The van der Waals surface area contributed by atoms with Gasteiger partial charge in [-0.15, -0.1) is 0 Å². The van der Waals surface area contributed by atoms with E-state index in [9.17, 15) is 4.57 Å². The summed E-state index contributed by atoms with van der Waals surface area (Å²) in [5.74, 6) is 0. The Morgan fingerprint density at radius 2 is 0.700 bits per heavy atom. The van der Waals surface area contributed by atoms with E-state index in [2.05, 4.69) is 11.4 Å². The van der Waals surface area contributed by atoms with Crippen molar-refractivity contribution in [2.75, 3.05) is 6.61 Å². The Hall–Kier alpha value is 0.110. The van der Waals surface area contributed by atoms with Crippen LogP contribution in [0.25, 0.3) is 0 Å². The van der Waals surface area contributed by atoms with Crippen LogP contribution in [0.1, 0.15) is 155 Å². The summed E-state index contributed by atoms with van der Waals surface area (Å²) in [5, 5.41) is 0. The first-order valence-electron chi connectivity index (χ1n) is 13.3. The third-order valence-electron chi connectivity index (χ3n) is 6.01. The summed E-state index contributed by atoms with van der Waals surface area (Å²) in [5.41, 5.74) is 0. The highest BCUT2D eigenvalue weighted by atomic mass is 31.2. The van der Waals surface area contributed by atoms with Crippen LogP contribution in [0.2, 0.25) is 0 Å². The molecule has 182 valence electrons. The van der Waals surface area contributed by atoms with Gasteiger partial charge in [0, 0.05) is 0 Å². The van der Waals surface area contributed by atoms with E-state index in [-0.39, 0.29) is 6.61 Å². The fourth-order valence-electron chi connectivity index (χ4n) is 4.07. The molecule has 0 rings (SSSR count). The molecule has 0 aliphatic rings. The number of phosphoric ester groups is 1. The minimum atomic E-state index is -4.26. The summed E-state index contributed by atoms with van der Waals surface area (Å²) < 4.78 is 15.0. The first-order chi connectivity index (χ1) is 14.6. The van der Waals surface area contributed by atoms with Crippen LogP contribution in [0.3, 0.4) is 0 Å². The molecule has 0 radical (unpaired) electrons. The molecule has 0 saturated carbocycles. The van der Waals surface area contributed by atoms with E-state index in [1.807, 2.05) is 0 Å². The van der Waals surface area contributed by atoms with Crippen LogP contribution in [0.15, 0.2) is 0 Å². The average Bonchev–Trinajstić information content (AvgIpc) is 2.70. The van der Waals surface area contributed by atoms with E-state index in [0.29, 0.717) is 0 Å². The minimum absolute atomic E-state index is 0.170. The molecule has 0 saturated heterocycles. The predicted molar refractivity (Wildman–Crippen MR) is 130 cm³/mol. The van der Waals surface area contributed by atoms with Crippen LogP contribution < -0.4 is 0 Å². The van der Waals surface area contributed by atoms with Crippen molar-refractivity contribution < 1.29 is 18.9 Å². The zero-order valence-corrected chi connectivity index (χ0v) is 21.0. The van der Waals surface area contributed by atoms with Crippen molar-refractivity contribution in [3.8, 4) is 0 Å². The van der Waals surface area contributed by atoms with Crippen LogP contribution in [-0.4, -0.2) is 16.4 Å². The van der Waals surface area contributed by atoms with E-state index in [1.165, 1.54) is 128 Å². The molecule has 0 amide bonds. The summed E-state index contributed by atoms with van der Waals surface area (Å²) in [6, 6.07) is 0. The molecule has 0 aliphatic heterocycles. The summed E-state index contributed by atoms with van der Waals surface area (Å²) in [4.78, 5) is 17.2. The monoisotopic (exact) mass is 448 g/mol. The lowest BCUT2D eigenvalue weighted by Crippen LogP contribution is -1.92. The molecular weight excluding hydrogens is 395 g/mol. The van der Waals surface area contributed by atoms with E-state index in [0.717, 1.165) is 19.3 Å². The van der Waals surface area contributed by atoms with Crippen molar-refractivity contribution in [1.29, 1.82) is 0 Å². The Labute approximate surface area is 188 Å². The third-order valence-corrected chi connectivity index (χ3v) is 6.53. The van der Waals surface area contributed by atoms with Crippen molar-refractivity contribution in [3.63, 3.8) is 0 Å². The average molecular weight is 449 g/mol. The van der Waals surface area contributed by atoms with Crippen LogP contribution in [-0.2, 0) is 9.09 Å². The second-order valence-electron chi connectivity index (χ2n) is 9.10. The molecule has 0 spiro atoms. The van der Waals surface area contributed by atoms with Crippen molar-refractivity contribution >= 4 is 7.82 Å². The molecule has 0 fully saturated rings. The molecule has 0 aromatic heterocycles. The molecule has 4 nitrogen and oxygen atoms in total. The summed E-state index contributed by atoms with van der Waals surface area (Å²) in [6.07, 6.45) is 31.0. The van der Waals surface area contributed by atoms with Crippen LogP contribution in [0, 0.1) is 0 Å². The lowest BCUT2D eigenvalue weighted by atomic mass is 10.0. The Morgan fingerprint density at radius 1 is 0.467 bits per heavy atom. The summed E-state index contributed by atoms with van der Waals surface area (Å²) >= 11 is 0. The summed E-state index contributed by atoms with van der Waals surface area (Å²) in [6.45, 7) is 2.46. The quantitative estimate of drug-likeness (QED) is 0.108. The number of rotatable bonds is 25. The molecule has 0 aliphatic carbocycles. The molecule has 0 heterocycles. The zero-order chi connectivity index (χ0) is 22.2. The van der Waals surface area contributed by atoms with Gasteiger partial charge in [0.25, 0.3) is 0 Å². The van der Waals surface area contributed by atoms with Gasteiger partial charge in [-0.05, 0) is 6.42 Å². The van der Waals surface area contributed by atoms with Gasteiger partial charge in [-0.1, -0.05) is 148 Å². The Balaban J connectivity index is 3.03. The largest absolute Gasteiger partial charge is 0.469 e. The Morgan fingerprint density at radius 3 is 0.933 bits per heavy atom. The van der Waals surface area contributed by atoms with Gasteiger partial charge in [0.05, 0.1) is 6.61 Å². The standard InChI is InChI=1S/C25H53O4P/c1-2-3-4-5-6-7-8-9-10-11-12-13-14-15-16-17-18-19-20-21-22-23-24-25-29-30(26,27)28/h2-25H2,1H3,(H2,26,27,28). The van der Waals surface area contributed by atoms with E-state index in [4.69, 9.17) is 9.79 Å². The highest BCUT2D eigenvalue weighted by molar-refractivity contribution is 7.46. The van der Waals surface area contributed by atoms with Crippen LogP contribution >= 0.6 is 7.82 Å².